The first kappa shape index (κ1) is 17.4. The minimum absolute atomic E-state index is 0.0420. The molecular formula is C12H18F3N3O3. The van der Waals surface area contributed by atoms with Crippen LogP contribution in [0.1, 0.15) is 43.4 Å². The third-order valence-corrected chi connectivity index (χ3v) is 2.95. The number of halogens is 3. The number of esters is 1. The second-order valence-corrected chi connectivity index (χ2v) is 4.94. The maximum Gasteiger partial charge on any atom is 0.435 e. The van der Waals surface area contributed by atoms with Gasteiger partial charge in [-0.3, -0.25) is 0 Å². The third-order valence-electron chi connectivity index (χ3n) is 2.95. The largest absolute Gasteiger partial charge is 0.461 e. The number of hydrogen-bond acceptors (Lipinski definition) is 5. The zero-order chi connectivity index (χ0) is 16.3. The molecule has 0 spiro atoms. The first-order valence-electron chi connectivity index (χ1n) is 6.35. The van der Waals surface area contributed by atoms with E-state index in [2.05, 4.69) is 15.0 Å². The van der Waals surface area contributed by atoms with Gasteiger partial charge in [-0.05, 0) is 27.2 Å². The maximum absolute atomic E-state index is 13.1. The summed E-state index contributed by atoms with van der Waals surface area (Å²) in [5.41, 5.74) is -2.63. The summed E-state index contributed by atoms with van der Waals surface area (Å²) in [5, 5.41) is 6.72. The van der Waals surface area contributed by atoms with E-state index in [1.54, 1.807) is 13.8 Å². The number of carbonyl (C=O) groups is 1. The highest BCUT2D eigenvalue weighted by Gasteiger charge is 2.42. The minimum atomic E-state index is -4.75. The molecule has 0 bridgehead atoms. The van der Waals surface area contributed by atoms with E-state index in [1.807, 2.05) is 0 Å². The van der Waals surface area contributed by atoms with E-state index in [4.69, 9.17) is 4.74 Å². The molecular weight excluding hydrogens is 291 g/mol. The van der Waals surface area contributed by atoms with Gasteiger partial charge in [0.05, 0.1) is 12.2 Å². The van der Waals surface area contributed by atoms with Crippen molar-refractivity contribution in [1.29, 1.82) is 0 Å². The van der Waals surface area contributed by atoms with Crippen molar-refractivity contribution >= 4 is 5.97 Å². The molecule has 6 nitrogen and oxygen atoms in total. The molecule has 1 aromatic rings. The van der Waals surface area contributed by atoms with Crippen LogP contribution in [0.25, 0.3) is 0 Å². The van der Waals surface area contributed by atoms with Gasteiger partial charge in [0.15, 0.2) is 5.69 Å². The zero-order valence-corrected chi connectivity index (χ0v) is 12.3. The summed E-state index contributed by atoms with van der Waals surface area (Å²) in [5.74, 6) is -1.14. The molecule has 0 radical (unpaired) electrons. The van der Waals surface area contributed by atoms with Gasteiger partial charge in [0, 0.05) is 13.7 Å². The number of aryl methyl sites for hydroxylation is 1. The Morgan fingerprint density at radius 1 is 1.33 bits per heavy atom. The molecule has 0 saturated heterocycles. The van der Waals surface area contributed by atoms with Gasteiger partial charge in [-0.2, -0.15) is 13.2 Å². The molecule has 0 amide bonds. The Morgan fingerprint density at radius 2 is 1.95 bits per heavy atom. The molecule has 1 aromatic heterocycles. The second-order valence-electron chi connectivity index (χ2n) is 4.94. The highest BCUT2D eigenvalue weighted by molar-refractivity contribution is 5.88. The van der Waals surface area contributed by atoms with Gasteiger partial charge in [0.2, 0.25) is 5.69 Å². The van der Waals surface area contributed by atoms with Crippen molar-refractivity contribution in [2.24, 2.45) is 0 Å². The van der Waals surface area contributed by atoms with Crippen LogP contribution in [0.4, 0.5) is 13.2 Å². The monoisotopic (exact) mass is 309 g/mol. The van der Waals surface area contributed by atoms with E-state index in [-0.39, 0.29) is 19.6 Å². The van der Waals surface area contributed by atoms with Crippen LogP contribution >= 0.6 is 0 Å². The lowest BCUT2D eigenvalue weighted by atomic mass is 10.1. The summed E-state index contributed by atoms with van der Waals surface area (Å²) in [4.78, 5) is 11.5. The molecule has 9 heteroatoms. The maximum atomic E-state index is 13.1. The number of carbonyl (C=O) groups excluding carboxylic acids is 1. The van der Waals surface area contributed by atoms with Crippen molar-refractivity contribution in [2.75, 3.05) is 13.7 Å². The zero-order valence-electron chi connectivity index (χ0n) is 12.3. The fourth-order valence-electron chi connectivity index (χ4n) is 1.56. The predicted octanol–water partition coefficient (Wildman–Crippen LogP) is 2.29. The lowest BCUT2D eigenvalue weighted by Crippen LogP contribution is -2.26. The molecule has 0 atom stereocenters. The van der Waals surface area contributed by atoms with Gasteiger partial charge in [-0.25, -0.2) is 9.48 Å². The standard InChI is InChI=1S/C12H18F3N3O3/c1-5-21-10(19)8-9(12(13,14)15)18(17-16-8)7-6-11(2,3)20-4/h5-7H2,1-4H3. The molecule has 120 valence electrons. The van der Waals surface area contributed by atoms with Crippen molar-refractivity contribution in [2.45, 2.75) is 45.5 Å². The lowest BCUT2D eigenvalue weighted by Gasteiger charge is -2.23. The number of alkyl halides is 3. The SMILES string of the molecule is CCOC(=O)c1nnn(CCC(C)(C)OC)c1C(F)(F)F. The molecule has 0 unspecified atom stereocenters. The van der Waals surface area contributed by atoms with Crippen LogP contribution in [0.15, 0.2) is 0 Å². The molecule has 0 fully saturated rings. The molecule has 1 heterocycles. The molecule has 0 aliphatic heterocycles. The van der Waals surface area contributed by atoms with Gasteiger partial charge in [-0.15, -0.1) is 5.10 Å². The molecule has 21 heavy (non-hydrogen) atoms. The second kappa shape index (κ2) is 6.42. The van der Waals surface area contributed by atoms with Crippen LogP contribution in [0, 0.1) is 0 Å². The topological polar surface area (TPSA) is 66.2 Å². The molecule has 0 aliphatic carbocycles. The molecule has 0 saturated carbocycles. The average molecular weight is 309 g/mol. The number of ether oxygens (including phenoxy) is 2. The van der Waals surface area contributed by atoms with Gasteiger partial charge in [-0.1, -0.05) is 5.21 Å². The Morgan fingerprint density at radius 3 is 2.43 bits per heavy atom. The fraction of sp³-hybridized carbons (Fsp3) is 0.750. The number of hydrogen-bond donors (Lipinski definition) is 0. The Labute approximate surface area is 120 Å². The van der Waals surface area contributed by atoms with Crippen molar-refractivity contribution in [3.63, 3.8) is 0 Å². The van der Waals surface area contributed by atoms with Crippen LogP contribution < -0.4 is 0 Å². The van der Waals surface area contributed by atoms with Crippen molar-refractivity contribution in [3.8, 4) is 0 Å². The first-order chi connectivity index (χ1) is 9.62. The molecule has 0 aliphatic rings. The highest BCUT2D eigenvalue weighted by atomic mass is 19.4. The van der Waals surface area contributed by atoms with E-state index >= 15 is 0 Å². The summed E-state index contributed by atoms with van der Waals surface area (Å²) in [6.07, 6.45) is -4.47. The van der Waals surface area contributed by atoms with Gasteiger partial charge < -0.3 is 9.47 Å². The van der Waals surface area contributed by atoms with Gasteiger partial charge in [0.1, 0.15) is 0 Å². The van der Waals surface area contributed by atoms with Crippen LogP contribution in [0.3, 0.4) is 0 Å². The number of aromatic nitrogens is 3. The van der Waals surface area contributed by atoms with Crippen LogP contribution in [-0.2, 0) is 22.2 Å². The van der Waals surface area contributed by atoms with Crippen molar-refractivity contribution in [3.05, 3.63) is 11.4 Å². The number of methoxy groups -OCH3 is 1. The quantitative estimate of drug-likeness (QED) is 0.754. The van der Waals surface area contributed by atoms with Crippen LogP contribution in [0.5, 0.6) is 0 Å². The molecule has 0 N–H and O–H groups in total. The summed E-state index contributed by atoms with van der Waals surface area (Å²) in [6, 6.07) is 0. The molecule has 1 rings (SSSR count). The summed E-state index contributed by atoms with van der Waals surface area (Å²) < 4.78 is 49.7. The van der Waals surface area contributed by atoms with E-state index in [1.165, 1.54) is 14.0 Å². The summed E-state index contributed by atoms with van der Waals surface area (Å²) >= 11 is 0. The Kier molecular flexibility index (Phi) is 5.32. The van der Waals surface area contributed by atoms with E-state index in [0.717, 1.165) is 0 Å². The third kappa shape index (κ3) is 4.42. The van der Waals surface area contributed by atoms with Crippen molar-refractivity contribution < 1.29 is 27.4 Å². The van der Waals surface area contributed by atoms with Crippen molar-refractivity contribution in [1.82, 2.24) is 15.0 Å². The summed E-state index contributed by atoms with van der Waals surface area (Å²) in [7, 11) is 1.47. The van der Waals surface area contributed by atoms with Gasteiger partial charge in [0.25, 0.3) is 0 Å². The Bertz CT molecular complexity index is 498. The highest BCUT2D eigenvalue weighted by Crippen LogP contribution is 2.32. The Balaban J connectivity index is 3.08. The smallest absolute Gasteiger partial charge is 0.435 e. The Hall–Kier alpha value is -1.64. The average Bonchev–Trinajstić information content (AvgIpc) is 2.81. The van der Waals surface area contributed by atoms with Gasteiger partial charge >= 0.3 is 12.1 Å². The van der Waals surface area contributed by atoms with Crippen LogP contribution in [0.2, 0.25) is 0 Å². The van der Waals surface area contributed by atoms with Crippen LogP contribution in [-0.4, -0.2) is 40.3 Å². The number of rotatable bonds is 6. The lowest BCUT2D eigenvalue weighted by molar-refractivity contribution is -0.145. The first-order valence-corrected chi connectivity index (χ1v) is 6.35. The molecule has 0 aromatic carbocycles. The predicted molar refractivity (Wildman–Crippen MR) is 66.7 cm³/mol. The van der Waals surface area contributed by atoms with E-state index in [9.17, 15) is 18.0 Å². The fourth-order valence-corrected chi connectivity index (χ4v) is 1.56. The van der Waals surface area contributed by atoms with E-state index in [0.29, 0.717) is 4.68 Å². The minimum Gasteiger partial charge on any atom is -0.461 e. The summed E-state index contributed by atoms with van der Waals surface area (Å²) in [6.45, 7) is 4.85. The normalized spacial score (nSPS) is 12.5. The number of nitrogens with zero attached hydrogens (tertiary/aromatic N) is 3. The van der Waals surface area contributed by atoms with E-state index < -0.39 is 29.1 Å².